The Bertz CT molecular complexity index is 891. The first-order valence-electron chi connectivity index (χ1n) is 8.41. The Morgan fingerprint density at radius 2 is 1.65 bits per heavy atom. The summed E-state index contributed by atoms with van der Waals surface area (Å²) < 4.78 is 11.2. The van der Waals surface area contributed by atoms with Crippen LogP contribution < -0.4 is 10.5 Å². The molecule has 26 heavy (non-hydrogen) atoms. The van der Waals surface area contributed by atoms with Gasteiger partial charge in [-0.25, -0.2) is 4.79 Å². The number of anilines is 1. The minimum atomic E-state index is -0.408. The van der Waals surface area contributed by atoms with Crippen molar-refractivity contribution in [3.63, 3.8) is 0 Å². The summed E-state index contributed by atoms with van der Waals surface area (Å²) >= 11 is 0. The molecule has 0 bridgehead atoms. The average molecular weight is 347 g/mol. The third-order valence-electron chi connectivity index (χ3n) is 4.11. The lowest BCUT2D eigenvalue weighted by Gasteiger charge is -2.12. The van der Waals surface area contributed by atoms with Gasteiger partial charge in [-0.1, -0.05) is 54.6 Å². The van der Waals surface area contributed by atoms with Gasteiger partial charge in [-0.15, -0.1) is 0 Å². The van der Waals surface area contributed by atoms with E-state index < -0.39 is 5.97 Å². The first-order chi connectivity index (χ1) is 12.6. The molecule has 3 aromatic carbocycles. The van der Waals surface area contributed by atoms with E-state index in [2.05, 4.69) is 0 Å². The third kappa shape index (κ3) is 4.42. The topological polar surface area (TPSA) is 61.5 Å². The summed E-state index contributed by atoms with van der Waals surface area (Å²) in [6, 6.07) is 22.5. The lowest BCUT2D eigenvalue weighted by Crippen LogP contribution is -2.07. The molecule has 4 heteroatoms. The second-order valence-corrected chi connectivity index (χ2v) is 6.03. The average Bonchev–Trinajstić information content (AvgIpc) is 2.67. The predicted octanol–water partition coefficient (Wildman–Crippen LogP) is 4.51. The van der Waals surface area contributed by atoms with E-state index in [0.29, 0.717) is 23.6 Å². The summed E-state index contributed by atoms with van der Waals surface area (Å²) in [6.45, 7) is 2.64. The zero-order chi connectivity index (χ0) is 18.4. The Morgan fingerprint density at radius 3 is 2.42 bits per heavy atom. The van der Waals surface area contributed by atoms with Gasteiger partial charge in [0.25, 0.3) is 0 Å². The minimum absolute atomic E-state index is 0.226. The van der Waals surface area contributed by atoms with Crippen LogP contribution in [0.4, 0.5) is 5.69 Å². The van der Waals surface area contributed by atoms with Crippen molar-refractivity contribution in [1.82, 2.24) is 0 Å². The van der Waals surface area contributed by atoms with E-state index in [1.54, 1.807) is 18.2 Å². The molecular weight excluding hydrogens is 326 g/mol. The maximum atomic E-state index is 12.3. The molecule has 2 N–H and O–H groups in total. The molecule has 0 aliphatic carbocycles. The van der Waals surface area contributed by atoms with Crippen LogP contribution in [0.25, 0.3) is 0 Å². The molecule has 0 spiro atoms. The van der Waals surface area contributed by atoms with Crippen LogP contribution in [0.15, 0.2) is 72.8 Å². The second kappa shape index (κ2) is 8.21. The van der Waals surface area contributed by atoms with Gasteiger partial charge in [0.05, 0.1) is 11.3 Å². The number of aryl methyl sites for hydroxylation is 1. The van der Waals surface area contributed by atoms with Crippen LogP contribution in [-0.2, 0) is 18.0 Å². The number of esters is 1. The molecular formula is C22H21NO3. The maximum Gasteiger partial charge on any atom is 0.338 e. The number of nitrogens with two attached hydrogens (primary N) is 1. The Hall–Kier alpha value is -3.27. The fourth-order valence-electron chi connectivity index (χ4n) is 2.52. The van der Waals surface area contributed by atoms with Crippen molar-refractivity contribution in [2.75, 3.05) is 5.73 Å². The zero-order valence-corrected chi connectivity index (χ0v) is 14.6. The standard InChI is InChI=1S/C22H21NO3/c1-16-7-5-6-10-19(16)15-25-21-13-18(11-12-20(21)23)22(24)26-14-17-8-3-2-4-9-17/h2-13H,14-15,23H2,1H3. The number of carbonyl (C=O) groups is 1. The molecule has 0 aliphatic heterocycles. The zero-order valence-electron chi connectivity index (χ0n) is 14.6. The molecule has 0 heterocycles. The minimum Gasteiger partial charge on any atom is -0.487 e. The van der Waals surface area contributed by atoms with Crippen molar-refractivity contribution < 1.29 is 14.3 Å². The van der Waals surface area contributed by atoms with Crippen molar-refractivity contribution in [2.24, 2.45) is 0 Å². The summed E-state index contributed by atoms with van der Waals surface area (Å²) in [4.78, 5) is 12.3. The van der Waals surface area contributed by atoms with Crippen molar-refractivity contribution in [1.29, 1.82) is 0 Å². The SMILES string of the molecule is Cc1ccccc1COc1cc(C(=O)OCc2ccccc2)ccc1N. The highest BCUT2D eigenvalue weighted by molar-refractivity contribution is 5.90. The molecule has 0 fully saturated rings. The summed E-state index contributed by atoms with van der Waals surface area (Å²) in [7, 11) is 0. The second-order valence-electron chi connectivity index (χ2n) is 6.03. The molecule has 0 unspecified atom stereocenters. The van der Waals surface area contributed by atoms with Gasteiger partial charge >= 0.3 is 5.97 Å². The van der Waals surface area contributed by atoms with E-state index in [1.807, 2.05) is 61.5 Å². The van der Waals surface area contributed by atoms with Gasteiger partial charge in [0.15, 0.2) is 0 Å². The Labute approximate surface area is 153 Å². The van der Waals surface area contributed by atoms with Crippen LogP contribution in [0.1, 0.15) is 27.0 Å². The van der Waals surface area contributed by atoms with Crippen molar-refractivity contribution in [3.05, 3.63) is 95.1 Å². The van der Waals surface area contributed by atoms with Gasteiger partial charge in [-0.05, 0) is 41.8 Å². The van der Waals surface area contributed by atoms with Gasteiger partial charge in [0, 0.05) is 0 Å². The Balaban J connectivity index is 1.66. The fourth-order valence-corrected chi connectivity index (χ4v) is 2.52. The van der Waals surface area contributed by atoms with Gasteiger partial charge in [0.1, 0.15) is 19.0 Å². The molecule has 0 aliphatic rings. The predicted molar refractivity (Wildman–Crippen MR) is 102 cm³/mol. The van der Waals surface area contributed by atoms with Gasteiger partial charge < -0.3 is 15.2 Å². The van der Waals surface area contributed by atoms with Crippen molar-refractivity contribution >= 4 is 11.7 Å². The monoisotopic (exact) mass is 347 g/mol. The van der Waals surface area contributed by atoms with Gasteiger partial charge in [-0.3, -0.25) is 0 Å². The molecule has 3 aromatic rings. The van der Waals surface area contributed by atoms with Gasteiger partial charge in [-0.2, -0.15) is 0 Å². The molecule has 0 aromatic heterocycles. The number of benzene rings is 3. The van der Waals surface area contributed by atoms with E-state index >= 15 is 0 Å². The van der Waals surface area contributed by atoms with E-state index in [-0.39, 0.29) is 6.61 Å². The third-order valence-corrected chi connectivity index (χ3v) is 4.11. The number of carbonyl (C=O) groups excluding carboxylic acids is 1. The summed E-state index contributed by atoms with van der Waals surface area (Å²) in [6.07, 6.45) is 0. The molecule has 0 amide bonds. The highest BCUT2D eigenvalue weighted by Gasteiger charge is 2.11. The normalized spacial score (nSPS) is 10.3. The first kappa shape index (κ1) is 17.5. The molecule has 4 nitrogen and oxygen atoms in total. The van der Waals surface area contributed by atoms with E-state index in [1.165, 1.54) is 0 Å². The van der Waals surface area contributed by atoms with Crippen molar-refractivity contribution in [3.8, 4) is 5.75 Å². The number of ether oxygens (including phenoxy) is 2. The van der Waals surface area contributed by atoms with E-state index in [4.69, 9.17) is 15.2 Å². The molecule has 0 radical (unpaired) electrons. The largest absolute Gasteiger partial charge is 0.487 e. The van der Waals surface area contributed by atoms with Crippen LogP contribution in [0.3, 0.4) is 0 Å². The van der Waals surface area contributed by atoms with Crippen molar-refractivity contribution in [2.45, 2.75) is 20.1 Å². The van der Waals surface area contributed by atoms with Crippen LogP contribution >= 0.6 is 0 Å². The summed E-state index contributed by atoms with van der Waals surface area (Å²) in [5.74, 6) is 0.0667. The Kier molecular flexibility index (Phi) is 5.54. The quantitative estimate of drug-likeness (QED) is 0.526. The van der Waals surface area contributed by atoms with Crippen LogP contribution in [0, 0.1) is 6.92 Å². The lowest BCUT2D eigenvalue weighted by molar-refractivity contribution is 0.0472. The molecule has 3 rings (SSSR count). The van der Waals surface area contributed by atoms with E-state index in [0.717, 1.165) is 16.7 Å². The smallest absolute Gasteiger partial charge is 0.338 e. The number of hydrogen-bond acceptors (Lipinski definition) is 4. The first-order valence-corrected chi connectivity index (χ1v) is 8.41. The van der Waals surface area contributed by atoms with E-state index in [9.17, 15) is 4.79 Å². The summed E-state index contributed by atoms with van der Waals surface area (Å²) in [5, 5.41) is 0. The molecule has 0 atom stereocenters. The van der Waals surface area contributed by atoms with Crippen LogP contribution in [0.5, 0.6) is 5.75 Å². The number of rotatable bonds is 6. The molecule has 0 saturated carbocycles. The summed E-state index contributed by atoms with van der Waals surface area (Å²) in [5.41, 5.74) is 10.0. The maximum absolute atomic E-state index is 12.3. The number of hydrogen-bond donors (Lipinski definition) is 1. The Morgan fingerprint density at radius 1 is 0.923 bits per heavy atom. The molecule has 132 valence electrons. The number of nitrogen functional groups attached to an aromatic ring is 1. The van der Waals surface area contributed by atoms with Crippen LogP contribution in [0.2, 0.25) is 0 Å². The van der Waals surface area contributed by atoms with Crippen LogP contribution in [-0.4, -0.2) is 5.97 Å². The highest BCUT2D eigenvalue weighted by Crippen LogP contribution is 2.25. The molecule has 0 saturated heterocycles. The lowest BCUT2D eigenvalue weighted by atomic mass is 10.1. The highest BCUT2D eigenvalue weighted by atomic mass is 16.5. The fraction of sp³-hybridized carbons (Fsp3) is 0.136. The van der Waals surface area contributed by atoms with Gasteiger partial charge in [0.2, 0.25) is 0 Å².